The molecule has 0 saturated heterocycles. The van der Waals surface area contributed by atoms with Crippen molar-refractivity contribution < 1.29 is 14.7 Å². The Bertz CT molecular complexity index is 972. The quantitative estimate of drug-likeness (QED) is 0.330. The number of amides is 1. The largest absolute Gasteiger partial charge is 0.393 e. The Morgan fingerprint density at radius 2 is 1.73 bits per heavy atom. The van der Waals surface area contributed by atoms with Gasteiger partial charge in [0.15, 0.2) is 5.78 Å². The number of aliphatic hydroxyl groups is 1. The van der Waals surface area contributed by atoms with Crippen LogP contribution in [0.3, 0.4) is 0 Å². The fourth-order valence-electron chi connectivity index (χ4n) is 3.33. The van der Waals surface area contributed by atoms with Gasteiger partial charge in [-0.1, -0.05) is 34.8 Å². The van der Waals surface area contributed by atoms with Crippen LogP contribution in [0, 0.1) is 5.92 Å². The number of halogens is 5. The highest BCUT2D eigenvalue weighted by Crippen LogP contribution is 2.65. The maximum Gasteiger partial charge on any atom is 0.231 e. The number of benzene rings is 2. The zero-order valence-electron chi connectivity index (χ0n) is 15.8. The fourth-order valence-corrected chi connectivity index (χ4v) is 4.93. The average Bonchev–Trinajstić information content (AvgIpc) is 3.22. The molecule has 0 aliphatic heterocycles. The summed E-state index contributed by atoms with van der Waals surface area (Å²) in [6, 6.07) is 9.55. The van der Waals surface area contributed by atoms with Crippen LogP contribution in [0.5, 0.6) is 0 Å². The summed E-state index contributed by atoms with van der Waals surface area (Å²) < 4.78 is -1.31. The summed E-state index contributed by atoms with van der Waals surface area (Å²) in [5.74, 6) is -1.82. The lowest BCUT2D eigenvalue weighted by Crippen LogP contribution is -2.17. The summed E-state index contributed by atoms with van der Waals surface area (Å²) in [7, 11) is 0. The lowest BCUT2D eigenvalue weighted by molar-refractivity contribution is -0.117. The maximum atomic E-state index is 12.8. The normalized spacial score (nSPS) is 20.5. The van der Waals surface area contributed by atoms with Gasteiger partial charge in [-0.3, -0.25) is 9.59 Å². The van der Waals surface area contributed by atoms with Gasteiger partial charge in [0.1, 0.15) is 4.33 Å². The highest BCUT2D eigenvalue weighted by atomic mass is 35.5. The number of anilines is 1. The predicted octanol–water partition coefficient (Wildman–Crippen LogP) is 6.52. The summed E-state index contributed by atoms with van der Waals surface area (Å²) in [6.45, 7) is 1.61. The third-order valence-electron chi connectivity index (χ3n) is 4.90. The second-order valence-electron chi connectivity index (χ2n) is 7.33. The Kier molecular flexibility index (Phi) is 7.28. The number of rotatable bonds is 7. The molecule has 0 radical (unpaired) electrons. The number of carbonyl (C=O) groups is 2. The Morgan fingerprint density at radius 3 is 2.33 bits per heavy atom. The third kappa shape index (κ3) is 5.24. The molecule has 1 aliphatic carbocycles. The predicted molar refractivity (Wildman–Crippen MR) is 122 cm³/mol. The third-order valence-corrected chi connectivity index (χ3v) is 6.61. The first-order valence-electron chi connectivity index (χ1n) is 9.16. The van der Waals surface area contributed by atoms with Crippen LogP contribution in [0.25, 0.3) is 0 Å². The molecular formula is C21H18Cl5NO3. The molecule has 1 aliphatic rings. The van der Waals surface area contributed by atoms with Gasteiger partial charge in [-0.05, 0) is 55.3 Å². The van der Waals surface area contributed by atoms with E-state index < -0.39 is 28.2 Å². The molecular weight excluding hydrogens is 492 g/mol. The van der Waals surface area contributed by atoms with Crippen molar-refractivity contribution >= 4 is 75.4 Å². The topological polar surface area (TPSA) is 66.4 Å². The van der Waals surface area contributed by atoms with Gasteiger partial charge >= 0.3 is 0 Å². The van der Waals surface area contributed by atoms with Crippen LogP contribution in [-0.4, -0.2) is 27.2 Å². The van der Waals surface area contributed by atoms with Crippen LogP contribution in [0.15, 0.2) is 36.4 Å². The molecule has 30 heavy (non-hydrogen) atoms. The molecule has 1 amide bonds. The smallest absolute Gasteiger partial charge is 0.231 e. The first-order chi connectivity index (χ1) is 14.0. The van der Waals surface area contributed by atoms with Crippen LogP contribution in [0.2, 0.25) is 15.1 Å². The van der Waals surface area contributed by atoms with Gasteiger partial charge in [-0.15, -0.1) is 23.2 Å². The van der Waals surface area contributed by atoms with Crippen molar-refractivity contribution in [1.82, 2.24) is 0 Å². The van der Waals surface area contributed by atoms with E-state index in [-0.39, 0.29) is 22.8 Å². The highest BCUT2D eigenvalue weighted by Gasteiger charge is 2.67. The molecule has 2 aromatic rings. The summed E-state index contributed by atoms with van der Waals surface area (Å²) in [4.78, 5) is 25.2. The summed E-state index contributed by atoms with van der Waals surface area (Å²) in [6.07, 6.45) is -0.136. The Labute approximate surface area is 199 Å². The van der Waals surface area contributed by atoms with Gasteiger partial charge in [0.25, 0.3) is 0 Å². The SMILES string of the molecule is CC(O)CCC(=O)c1cc(NC(=O)C2C(c3cc(Cl)cc(Cl)c3)C2(Cl)Cl)ccc1Cl. The van der Waals surface area contributed by atoms with E-state index in [9.17, 15) is 14.7 Å². The highest BCUT2D eigenvalue weighted by molar-refractivity contribution is 6.53. The molecule has 3 rings (SSSR count). The molecule has 160 valence electrons. The monoisotopic (exact) mass is 507 g/mol. The fraction of sp³-hybridized carbons (Fsp3) is 0.333. The summed E-state index contributed by atoms with van der Waals surface area (Å²) in [5, 5.41) is 13.2. The molecule has 0 aromatic heterocycles. The zero-order valence-corrected chi connectivity index (χ0v) is 19.5. The molecule has 3 atom stereocenters. The molecule has 3 unspecified atom stereocenters. The van der Waals surface area contributed by atoms with Crippen molar-refractivity contribution in [3.63, 3.8) is 0 Å². The van der Waals surface area contributed by atoms with Crippen molar-refractivity contribution in [1.29, 1.82) is 0 Å². The van der Waals surface area contributed by atoms with Crippen molar-refractivity contribution in [2.45, 2.75) is 36.1 Å². The number of carbonyl (C=O) groups excluding carboxylic acids is 2. The first kappa shape index (κ1) is 23.6. The standard InChI is InChI=1S/C21H18Cl5NO3/c1-10(28)2-5-17(29)15-9-14(3-4-16(15)24)27-20(30)19-18(21(19,25)26)11-6-12(22)8-13(23)7-11/h3-4,6-10,18-19,28H,2,5H2,1H3,(H,27,30). The molecule has 2 aromatic carbocycles. The van der Waals surface area contributed by atoms with E-state index in [0.717, 1.165) is 0 Å². The Hall–Kier alpha value is -1.01. The van der Waals surface area contributed by atoms with Crippen molar-refractivity contribution in [3.8, 4) is 0 Å². The molecule has 0 bridgehead atoms. The van der Waals surface area contributed by atoms with E-state index in [1.54, 1.807) is 31.2 Å². The van der Waals surface area contributed by atoms with E-state index in [0.29, 0.717) is 27.7 Å². The number of ketones is 1. The van der Waals surface area contributed by atoms with E-state index >= 15 is 0 Å². The number of nitrogens with one attached hydrogen (secondary N) is 1. The van der Waals surface area contributed by atoms with Crippen LogP contribution in [0.4, 0.5) is 5.69 Å². The average molecular weight is 510 g/mol. The maximum absolute atomic E-state index is 12.8. The van der Waals surface area contributed by atoms with Crippen LogP contribution in [0.1, 0.15) is 41.6 Å². The molecule has 2 N–H and O–H groups in total. The van der Waals surface area contributed by atoms with Crippen LogP contribution >= 0.6 is 58.0 Å². The Balaban J connectivity index is 1.76. The van der Waals surface area contributed by atoms with E-state index in [1.165, 1.54) is 12.1 Å². The van der Waals surface area contributed by atoms with Gasteiger partial charge in [-0.2, -0.15) is 0 Å². The van der Waals surface area contributed by atoms with E-state index in [1.807, 2.05) is 0 Å². The summed E-state index contributed by atoms with van der Waals surface area (Å²) >= 11 is 31.0. The van der Waals surface area contributed by atoms with Gasteiger partial charge in [0.2, 0.25) is 5.91 Å². The van der Waals surface area contributed by atoms with Crippen LogP contribution < -0.4 is 5.32 Å². The molecule has 9 heteroatoms. The molecule has 0 spiro atoms. The molecule has 0 heterocycles. The molecule has 1 saturated carbocycles. The lowest BCUT2D eigenvalue weighted by atomic mass is 10.0. The minimum atomic E-state index is -1.31. The second kappa shape index (κ2) is 9.23. The number of hydrogen-bond acceptors (Lipinski definition) is 3. The molecule has 4 nitrogen and oxygen atoms in total. The lowest BCUT2D eigenvalue weighted by Gasteiger charge is -2.10. The van der Waals surface area contributed by atoms with Crippen molar-refractivity contribution in [3.05, 3.63) is 62.6 Å². The number of aliphatic hydroxyl groups excluding tert-OH is 1. The molecule has 1 fully saturated rings. The number of Topliss-reactive ketones (excluding diaryl/α,β-unsaturated/α-hetero) is 1. The van der Waals surface area contributed by atoms with E-state index in [4.69, 9.17) is 58.0 Å². The second-order valence-corrected chi connectivity index (χ2v) is 10.1. The first-order valence-corrected chi connectivity index (χ1v) is 11.0. The Morgan fingerprint density at radius 1 is 1.10 bits per heavy atom. The number of alkyl halides is 2. The van der Waals surface area contributed by atoms with E-state index in [2.05, 4.69) is 5.32 Å². The van der Waals surface area contributed by atoms with Gasteiger partial charge in [-0.25, -0.2) is 0 Å². The zero-order chi connectivity index (χ0) is 22.2. The minimum Gasteiger partial charge on any atom is -0.393 e. The minimum absolute atomic E-state index is 0.140. The van der Waals surface area contributed by atoms with Gasteiger partial charge < -0.3 is 10.4 Å². The van der Waals surface area contributed by atoms with Gasteiger partial charge in [0.05, 0.1) is 17.0 Å². The van der Waals surface area contributed by atoms with Crippen molar-refractivity contribution in [2.75, 3.05) is 5.32 Å². The summed E-state index contributed by atoms with van der Waals surface area (Å²) in [5.41, 5.74) is 1.33. The van der Waals surface area contributed by atoms with Gasteiger partial charge in [0, 0.05) is 33.6 Å². The van der Waals surface area contributed by atoms with Crippen molar-refractivity contribution in [2.24, 2.45) is 5.92 Å². The van der Waals surface area contributed by atoms with Crippen LogP contribution in [-0.2, 0) is 4.79 Å². The number of hydrogen-bond donors (Lipinski definition) is 2.